The van der Waals surface area contributed by atoms with Crippen LogP contribution < -0.4 is 0 Å². The fourth-order valence-corrected chi connectivity index (χ4v) is 2.46. The summed E-state index contributed by atoms with van der Waals surface area (Å²) in [5.74, 6) is -0.300. The van der Waals surface area contributed by atoms with Gasteiger partial charge in [0, 0.05) is 25.1 Å². The van der Waals surface area contributed by atoms with Crippen LogP contribution in [0.2, 0.25) is 0 Å². The summed E-state index contributed by atoms with van der Waals surface area (Å²) < 4.78 is 0. The van der Waals surface area contributed by atoms with Gasteiger partial charge in [0.05, 0.1) is 0 Å². The molecule has 0 aromatic carbocycles. The number of carboxylic acid groups (broad SMARTS) is 1. The Hall–Kier alpha value is -1.32. The van der Waals surface area contributed by atoms with E-state index in [-0.39, 0.29) is 12.3 Å². The van der Waals surface area contributed by atoms with Gasteiger partial charge in [-0.05, 0) is 38.5 Å². The minimum absolute atomic E-state index is 0.108. The van der Waals surface area contributed by atoms with Crippen LogP contribution in [0, 0.1) is 5.92 Å². The molecule has 0 bridgehead atoms. The molecule has 1 amide bonds. The van der Waals surface area contributed by atoms with Crippen LogP contribution in [0.3, 0.4) is 0 Å². The summed E-state index contributed by atoms with van der Waals surface area (Å²) in [6.07, 6.45) is 5.71. The molecule has 1 rings (SSSR count). The van der Waals surface area contributed by atoms with Crippen molar-refractivity contribution in [2.75, 3.05) is 13.1 Å². The number of allylic oxidation sites excluding steroid dienone is 1. The summed E-state index contributed by atoms with van der Waals surface area (Å²) in [7, 11) is 0. The Morgan fingerprint density at radius 1 is 1.44 bits per heavy atom. The van der Waals surface area contributed by atoms with Gasteiger partial charge in [0.2, 0.25) is 5.91 Å². The van der Waals surface area contributed by atoms with E-state index in [0.717, 1.165) is 31.4 Å². The number of nitrogens with zero attached hydrogens (tertiary/aromatic N) is 1. The van der Waals surface area contributed by atoms with Crippen molar-refractivity contribution >= 4 is 11.9 Å². The van der Waals surface area contributed by atoms with E-state index in [1.165, 1.54) is 0 Å². The summed E-state index contributed by atoms with van der Waals surface area (Å²) in [6, 6.07) is 0. The second-order valence-electron chi connectivity index (χ2n) is 4.99. The van der Waals surface area contributed by atoms with Crippen LogP contribution in [0.5, 0.6) is 0 Å². The van der Waals surface area contributed by atoms with E-state index in [4.69, 9.17) is 5.11 Å². The number of piperidine rings is 1. The second-order valence-corrected chi connectivity index (χ2v) is 4.99. The minimum atomic E-state index is -0.750. The molecule has 0 aromatic rings. The molecule has 0 aromatic heterocycles. The average molecular weight is 253 g/mol. The van der Waals surface area contributed by atoms with Crippen molar-refractivity contribution in [1.29, 1.82) is 0 Å². The molecule has 1 fully saturated rings. The van der Waals surface area contributed by atoms with E-state index in [9.17, 15) is 9.59 Å². The highest BCUT2D eigenvalue weighted by Crippen LogP contribution is 2.22. The number of carbonyl (C=O) groups is 2. The third kappa shape index (κ3) is 4.51. The largest absolute Gasteiger partial charge is 0.481 e. The van der Waals surface area contributed by atoms with Gasteiger partial charge in [0.25, 0.3) is 0 Å². The molecular weight excluding hydrogens is 230 g/mol. The Kier molecular flexibility index (Phi) is 5.89. The molecule has 1 heterocycles. The molecule has 1 N–H and O–H groups in total. The molecule has 1 atom stereocenters. The van der Waals surface area contributed by atoms with Crippen LogP contribution in [-0.2, 0) is 9.59 Å². The third-order valence-electron chi connectivity index (χ3n) is 3.42. The van der Waals surface area contributed by atoms with Crippen molar-refractivity contribution in [3.8, 4) is 0 Å². The van der Waals surface area contributed by atoms with Crippen molar-refractivity contribution in [2.45, 2.75) is 46.0 Å². The van der Waals surface area contributed by atoms with Gasteiger partial charge < -0.3 is 10.0 Å². The molecule has 18 heavy (non-hydrogen) atoms. The molecule has 0 spiro atoms. The molecule has 0 unspecified atom stereocenters. The highest BCUT2D eigenvalue weighted by molar-refractivity contribution is 5.92. The number of hydrogen-bond donors (Lipinski definition) is 1. The second kappa shape index (κ2) is 7.19. The topological polar surface area (TPSA) is 57.6 Å². The first kappa shape index (κ1) is 14.7. The lowest BCUT2D eigenvalue weighted by Gasteiger charge is -2.33. The fourth-order valence-electron chi connectivity index (χ4n) is 2.46. The predicted octanol–water partition coefficient (Wildman–Crippen LogP) is 2.45. The number of hydrogen-bond acceptors (Lipinski definition) is 2. The lowest BCUT2D eigenvalue weighted by molar-refractivity contribution is -0.137. The number of likely N-dealkylation sites (tertiary alicyclic amines) is 1. The van der Waals surface area contributed by atoms with E-state index in [1.54, 1.807) is 0 Å². The average Bonchev–Trinajstić information content (AvgIpc) is 2.36. The normalized spacial score (nSPS) is 20.9. The zero-order valence-electron chi connectivity index (χ0n) is 11.3. The van der Waals surface area contributed by atoms with Crippen LogP contribution in [-0.4, -0.2) is 35.0 Å². The standard InChI is InChI=1S/C14H23NO3/c1-3-5-11(2)14(18)15-9-4-6-12(10-15)7-8-13(16)17/h5,12H,3-4,6-10H2,1-2H3,(H,16,17)/b11-5-/t12-/m0/s1. The lowest BCUT2D eigenvalue weighted by Crippen LogP contribution is -2.40. The zero-order valence-corrected chi connectivity index (χ0v) is 11.3. The molecule has 1 saturated heterocycles. The van der Waals surface area contributed by atoms with Crippen LogP contribution >= 0.6 is 0 Å². The number of amides is 1. The van der Waals surface area contributed by atoms with Gasteiger partial charge in [-0.15, -0.1) is 0 Å². The minimum Gasteiger partial charge on any atom is -0.481 e. The summed E-state index contributed by atoms with van der Waals surface area (Å²) >= 11 is 0. The Morgan fingerprint density at radius 3 is 2.78 bits per heavy atom. The molecule has 0 radical (unpaired) electrons. The van der Waals surface area contributed by atoms with Gasteiger partial charge >= 0.3 is 5.97 Å². The first-order chi connectivity index (χ1) is 8.54. The maximum atomic E-state index is 12.1. The molecule has 0 saturated carbocycles. The molecule has 0 aliphatic carbocycles. The summed E-state index contributed by atoms with van der Waals surface area (Å²) in [4.78, 5) is 24.5. The van der Waals surface area contributed by atoms with Crippen LogP contribution in [0.15, 0.2) is 11.6 Å². The zero-order chi connectivity index (χ0) is 13.5. The summed E-state index contributed by atoms with van der Waals surface area (Å²) in [5.41, 5.74) is 0.802. The van der Waals surface area contributed by atoms with Crippen LogP contribution in [0.25, 0.3) is 0 Å². The summed E-state index contributed by atoms with van der Waals surface area (Å²) in [6.45, 7) is 5.38. The number of aliphatic carboxylic acids is 1. The van der Waals surface area contributed by atoms with E-state index < -0.39 is 5.97 Å². The number of rotatable bonds is 5. The number of carboxylic acids is 1. The highest BCUT2D eigenvalue weighted by Gasteiger charge is 2.24. The van der Waals surface area contributed by atoms with E-state index in [0.29, 0.717) is 18.9 Å². The lowest BCUT2D eigenvalue weighted by atomic mass is 9.93. The molecule has 102 valence electrons. The smallest absolute Gasteiger partial charge is 0.303 e. The van der Waals surface area contributed by atoms with Crippen molar-refractivity contribution < 1.29 is 14.7 Å². The van der Waals surface area contributed by atoms with Crippen molar-refractivity contribution in [2.24, 2.45) is 5.92 Å². The van der Waals surface area contributed by atoms with E-state index >= 15 is 0 Å². The first-order valence-corrected chi connectivity index (χ1v) is 6.72. The van der Waals surface area contributed by atoms with E-state index in [2.05, 4.69) is 0 Å². The Balaban J connectivity index is 2.50. The van der Waals surface area contributed by atoms with Gasteiger partial charge in [-0.1, -0.05) is 13.0 Å². The van der Waals surface area contributed by atoms with Gasteiger partial charge in [0.15, 0.2) is 0 Å². The summed E-state index contributed by atoms with van der Waals surface area (Å²) in [5, 5.41) is 8.69. The van der Waals surface area contributed by atoms with Crippen LogP contribution in [0.4, 0.5) is 0 Å². The van der Waals surface area contributed by atoms with Crippen LogP contribution in [0.1, 0.15) is 46.0 Å². The molecule has 1 aliphatic rings. The first-order valence-electron chi connectivity index (χ1n) is 6.72. The van der Waals surface area contributed by atoms with E-state index in [1.807, 2.05) is 24.8 Å². The predicted molar refractivity (Wildman–Crippen MR) is 70.2 cm³/mol. The van der Waals surface area contributed by atoms with Gasteiger partial charge in [-0.25, -0.2) is 0 Å². The maximum absolute atomic E-state index is 12.1. The molecule has 4 nitrogen and oxygen atoms in total. The third-order valence-corrected chi connectivity index (χ3v) is 3.42. The van der Waals surface area contributed by atoms with Gasteiger partial charge in [-0.2, -0.15) is 0 Å². The quantitative estimate of drug-likeness (QED) is 0.766. The number of carbonyl (C=O) groups excluding carboxylic acids is 1. The molecular formula is C14H23NO3. The van der Waals surface area contributed by atoms with Gasteiger partial charge in [-0.3, -0.25) is 9.59 Å². The van der Waals surface area contributed by atoms with Gasteiger partial charge in [0.1, 0.15) is 0 Å². The molecule has 4 heteroatoms. The SMILES string of the molecule is CC/C=C(/C)C(=O)N1CCC[C@@H](CCC(=O)O)C1. The van der Waals surface area contributed by atoms with Crippen molar-refractivity contribution in [3.05, 3.63) is 11.6 Å². The molecule has 1 aliphatic heterocycles. The Labute approximate surface area is 109 Å². The maximum Gasteiger partial charge on any atom is 0.303 e. The highest BCUT2D eigenvalue weighted by atomic mass is 16.4. The Bertz CT molecular complexity index is 336. The van der Waals surface area contributed by atoms with Crippen molar-refractivity contribution in [3.63, 3.8) is 0 Å². The fraction of sp³-hybridized carbons (Fsp3) is 0.714. The monoisotopic (exact) mass is 253 g/mol. The van der Waals surface area contributed by atoms with Crippen molar-refractivity contribution in [1.82, 2.24) is 4.90 Å². The Morgan fingerprint density at radius 2 is 2.17 bits per heavy atom.